The molecule has 1 unspecified atom stereocenters. The normalized spacial score (nSPS) is 37.4. The van der Waals surface area contributed by atoms with E-state index in [1.807, 2.05) is 6.92 Å². The number of aliphatic hydroxyl groups is 6. The summed E-state index contributed by atoms with van der Waals surface area (Å²) in [6, 6.07) is 6.47. The predicted molar refractivity (Wildman–Crippen MR) is 172 cm³/mol. The largest absolute Gasteiger partial charge is 0.463 e. The van der Waals surface area contributed by atoms with Crippen molar-refractivity contribution in [2.75, 3.05) is 32.8 Å². The predicted octanol–water partition coefficient (Wildman–Crippen LogP) is -1.80. The second-order valence-electron chi connectivity index (χ2n) is 13.0. The van der Waals surface area contributed by atoms with Crippen LogP contribution in [-0.4, -0.2) is 143 Å². The van der Waals surface area contributed by atoms with Crippen molar-refractivity contribution in [2.24, 2.45) is 5.92 Å². The molecule has 1 aromatic rings. The second-order valence-corrected chi connectivity index (χ2v) is 13.0. The van der Waals surface area contributed by atoms with Crippen molar-refractivity contribution in [1.29, 1.82) is 0 Å². The fourth-order valence-corrected chi connectivity index (χ4v) is 5.75. The number of benzene rings is 1. The number of aliphatic hydroxyl groups excluding tert-OH is 6. The SMILES string of the molecule is CC[C@H](C)C(=O)OC[C@H]1O[C@@H](O[C@H]2[C@H](Oc3ccc(C4CC(=O)NCCCNC[C@H](O)CCN4)cc3)O[C@@H](C)[C@H](O)[C@H]2O)[C@H](O)[C@@H](O)[C@@H]1O. The second kappa shape index (κ2) is 18.7. The highest BCUT2D eigenvalue weighted by Gasteiger charge is 2.51. The third kappa shape index (κ3) is 10.8. The molecule has 0 saturated carbocycles. The molecule has 0 aromatic heterocycles. The molecule has 0 spiro atoms. The highest BCUT2D eigenvalue weighted by atomic mass is 16.8. The van der Waals surface area contributed by atoms with Crippen molar-refractivity contribution in [2.45, 2.75) is 120 Å². The average molecular weight is 700 g/mol. The van der Waals surface area contributed by atoms with Crippen molar-refractivity contribution < 1.29 is 63.9 Å². The Kier molecular flexibility index (Phi) is 15.0. The van der Waals surface area contributed by atoms with Crippen LogP contribution in [0.15, 0.2) is 24.3 Å². The van der Waals surface area contributed by atoms with Gasteiger partial charge >= 0.3 is 5.97 Å². The third-order valence-corrected chi connectivity index (χ3v) is 9.17. The van der Waals surface area contributed by atoms with E-state index >= 15 is 0 Å². The summed E-state index contributed by atoms with van der Waals surface area (Å²) in [6.07, 6.45) is -13.3. The van der Waals surface area contributed by atoms with Crippen LogP contribution in [0.3, 0.4) is 0 Å². The van der Waals surface area contributed by atoms with Crippen molar-refractivity contribution >= 4 is 11.9 Å². The lowest BCUT2D eigenvalue weighted by molar-refractivity contribution is -0.355. The molecule has 49 heavy (non-hydrogen) atoms. The molecular formula is C33H53N3O13. The van der Waals surface area contributed by atoms with E-state index in [-0.39, 0.29) is 18.4 Å². The molecule has 9 N–H and O–H groups in total. The number of carbonyl (C=O) groups excluding carboxylic acids is 2. The molecule has 0 radical (unpaired) electrons. The molecule has 0 aliphatic carbocycles. The number of β-amino-alcohol motifs (C(OH)–C–C–N with tert-alkyl or cyclic N) is 1. The molecule has 13 atom stereocenters. The quantitative estimate of drug-likeness (QED) is 0.129. The van der Waals surface area contributed by atoms with E-state index in [0.717, 1.165) is 12.0 Å². The van der Waals surface area contributed by atoms with Gasteiger partial charge in [0.05, 0.1) is 18.1 Å². The van der Waals surface area contributed by atoms with E-state index in [2.05, 4.69) is 16.0 Å². The third-order valence-electron chi connectivity index (χ3n) is 9.17. The Bertz CT molecular complexity index is 1180. The van der Waals surface area contributed by atoms with Gasteiger partial charge in [-0.25, -0.2) is 0 Å². The summed E-state index contributed by atoms with van der Waals surface area (Å²) in [4.78, 5) is 24.8. The van der Waals surface area contributed by atoms with Gasteiger partial charge < -0.3 is 70.3 Å². The summed E-state index contributed by atoms with van der Waals surface area (Å²) in [6.45, 7) is 6.75. The molecule has 1 amide bonds. The highest BCUT2D eigenvalue weighted by molar-refractivity contribution is 5.76. The number of esters is 1. The maximum absolute atomic E-state index is 12.6. The Hall–Kier alpha value is -2.48. The Balaban J connectivity index is 1.45. The topological polar surface area (TPSA) is 238 Å². The summed E-state index contributed by atoms with van der Waals surface area (Å²) in [5, 5.41) is 73.0. The number of amides is 1. The number of ether oxygens (including phenoxy) is 5. The fourth-order valence-electron chi connectivity index (χ4n) is 5.75. The minimum Gasteiger partial charge on any atom is -0.463 e. The molecule has 0 bridgehead atoms. The van der Waals surface area contributed by atoms with Crippen LogP contribution in [0.5, 0.6) is 5.75 Å². The Morgan fingerprint density at radius 1 is 0.939 bits per heavy atom. The monoisotopic (exact) mass is 699 g/mol. The molecular weight excluding hydrogens is 646 g/mol. The first kappa shape index (κ1) is 39.3. The van der Waals surface area contributed by atoms with Gasteiger partial charge in [-0.3, -0.25) is 9.59 Å². The first-order valence-corrected chi connectivity index (χ1v) is 17.1. The summed E-state index contributed by atoms with van der Waals surface area (Å²) < 4.78 is 28.7. The van der Waals surface area contributed by atoms with Gasteiger partial charge in [-0.1, -0.05) is 26.0 Å². The van der Waals surface area contributed by atoms with Crippen LogP contribution >= 0.6 is 0 Å². The molecule has 16 heteroatoms. The van der Waals surface area contributed by atoms with Gasteiger partial charge in [0.15, 0.2) is 12.4 Å². The lowest BCUT2D eigenvalue weighted by Crippen LogP contribution is -2.64. The fraction of sp³-hybridized carbons (Fsp3) is 0.758. The van der Waals surface area contributed by atoms with Gasteiger partial charge in [0, 0.05) is 25.6 Å². The van der Waals surface area contributed by atoms with Crippen LogP contribution in [0.2, 0.25) is 0 Å². The van der Waals surface area contributed by atoms with Gasteiger partial charge in [-0.05, 0) is 57.0 Å². The van der Waals surface area contributed by atoms with E-state index in [0.29, 0.717) is 44.8 Å². The average Bonchev–Trinajstić information content (AvgIpc) is 3.10. The van der Waals surface area contributed by atoms with Gasteiger partial charge in [0.2, 0.25) is 12.2 Å². The molecule has 1 aromatic carbocycles. The van der Waals surface area contributed by atoms with E-state index in [4.69, 9.17) is 23.7 Å². The van der Waals surface area contributed by atoms with Gasteiger partial charge in [-0.15, -0.1) is 0 Å². The zero-order valence-electron chi connectivity index (χ0n) is 28.2. The number of nitrogens with one attached hydrogen (secondary N) is 3. The van der Waals surface area contributed by atoms with Gasteiger partial charge in [0.1, 0.15) is 49.0 Å². The smallest absolute Gasteiger partial charge is 0.308 e. The van der Waals surface area contributed by atoms with E-state index in [9.17, 15) is 40.2 Å². The van der Waals surface area contributed by atoms with E-state index in [1.54, 1.807) is 31.2 Å². The first-order valence-electron chi connectivity index (χ1n) is 17.1. The number of hydrogen-bond acceptors (Lipinski definition) is 15. The van der Waals surface area contributed by atoms with Crippen molar-refractivity contribution in [3.63, 3.8) is 0 Å². The van der Waals surface area contributed by atoms with Crippen molar-refractivity contribution in [1.82, 2.24) is 16.0 Å². The van der Waals surface area contributed by atoms with Crippen LogP contribution in [0, 0.1) is 5.92 Å². The number of rotatable bonds is 9. The minimum atomic E-state index is -1.78. The van der Waals surface area contributed by atoms with Crippen molar-refractivity contribution in [3.05, 3.63) is 29.8 Å². The summed E-state index contributed by atoms with van der Waals surface area (Å²) in [5.41, 5.74) is 0.789. The maximum Gasteiger partial charge on any atom is 0.308 e. The molecule has 4 rings (SSSR count). The summed E-state index contributed by atoms with van der Waals surface area (Å²) in [7, 11) is 0. The maximum atomic E-state index is 12.6. The molecule has 278 valence electrons. The van der Waals surface area contributed by atoms with E-state index in [1.165, 1.54) is 6.92 Å². The summed E-state index contributed by atoms with van der Waals surface area (Å²) in [5.74, 6) is -0.749. The Labute approximate surface area is 286 Å². The molecule has 3 saturated heterocycles. The molecule has 3 aliphatic rings. The number of carbonyl (C=O) groups is 2. The van der Waals surface area contributed by atoms with Crippen LogP contribution < -0.4 is 20.7 Å². The lowest BCUT2D eigenvalue weighted by atomic mass is 9.97. The van der Waals surface area contributed by atoms with Crippen LogP contribution in [0.4, 0.5) is 0 Å². The Morgan fingerprint density at radius 3 is 2.39 bits per heavy atom. The molecule has 3 fully saturated rings. The zero-order chi connectivity index (χ0) is 35.7. The number of hydrogen-bond donors (Lipinski definition) is 9. The zero-order valence-corrected chi connectivity index (χ0v) is 28.2. The standard InChI is InChI=1S/C33H53N3O13/c1-4-17(2)31(44)45-16-23-26(40)27(41)29(43)32(48-23)49-30-28(42)25(39)18(3)46-33(30)47-21-8-6-19(7-9-21)22-14-24(38)36-12-5-11-34-15-20(37)10-13-35-22/h6-9,17-18,20,22-23,25-30,32-35,37,39-43H,4-5,10-16H2,1-3H3,(H,36,38)/t17-,18-,20+,22?,23+,25-,26+,27-,28+,29+,30+,32-,33-/m0/s1. The van der Waals surface area contributed by atoms with Crippen LogP contribution in [0.25, 0.3) is 0 Å². The van der Waals surface area contributed by atoms with Gasteiger partial charge in [-0.2, -0.15) is 0 Å². The lowest BCUT2D eigenvalue weighted by Gasteiger charge is -2.45. The van der Waals surface area contributed by atoms with Crippen LogP contribution in [-0.2, 0) is 28.5 Å². The first-order chi connectivity index (χ1) is 23.4. The van der Waals surface area contributed by atoms with E-state index < -0.39 is 86.0 Å². The Morgan fingerprint density at radius 2 is 1.67 bits per heavy atom. The minimum absolute atomic E-state index is 0.115. The molecule has 3 aliphatic heterocycles. The van der Waals surface area contributed by atoms with Gasteiger partial charge in [0.25, 0.3) is 0 Å². The van der Waals surface area contributed by atoms with Crippen molar-refractivity contribution in [3.8, 4) is 5.75 Å². The molecule has 3 heterocycles. The molecule has 16 nitrogen and oxygen atoms in total. The highest BCUT2D eigenvalue weighted by Crippen LogP contribution is 2.31. The summed E-state index contributed by atoms with van der Waals surface area (Å²) >= 11 is 0. The van der Waals surface area contributed by atoms with Crippen LogP contribution in [0.1, 0.15) is 58.1 Å².